The number of aliphatic hydroxyl groups excluding tert-OH is 1. The SMILES string of the molecule is CC.COc1c(F)cc(/C=C/CC(C)(C)CO)cc1Br. The van der Waals surface area contributed by atoms with Gasteiger partial charge in [0, 0.05) is 6.61 Å². The van der Waals surface area contributed by atoms with Crippen LogP contribution in [0.25, 0.3) is 6.08 Å². The van der Waals surface area contributed by atoms with Crippen LogP contribution in [-0.4, -0.2) is 18.8 Å². The molecule has 0 aromatic heterocycles. The molecule has 0 saturated carbocycles. The summed E-state index contributed by atoms with van der Waals surface area (Å²) in [5, 5.41) is 9.13. The average molecular weight is 347 g/mol. The second kappa shape index (κ2) is 9.14. The first-order valence-electron chi connectivity index (χ1n) is 6.70. The lowest BCUT2D eigenvalue weighted by molar-refractivity contribution is 0.162. The Morgan fingerprint density at radius 1 is 1.35 bits per heavy atom. The minimum Gasteiger partial charge on any atom is -0.492 e. The number of allylic oxidation sites excluding steroid dienone is 1. The molecule has 1 aromatic carbocycles. The quantitative estimate of drug-likeness (QED) is 0.808. The maximum atomic E-state index is 13.6. The van der Waals surface area contributed by atoms with Crippen LogP contribution < -0.4 is 4.74 Å². The molecule has 0 aliphatic rings. The van der Waals surface area contributed by atoms with Crippen LogP contribution in [-0.2, 0) is 0 Å². The van der Waals surface area contributed by atoms with Gasteiger partial charge in [-0.2, -0.15) is 0 Å². The molecule has 0 spiro atoms. The summed E-state index contributed by atoms with van der Waals surface area (Å²) >= 11 is 3.26. The van der Waals surface area contributed by atoms with Crippen molar-refractivity contribution in [3.05, 3.63) is 34.1 Å². The summed E-state index contributed by atoms with van der Waals surface area (Å²) < 4.78 is 19.1. The van der Waals surface area contributed by atoms with E-state index < -0.39 is 5.82 Å². The van der Waals surface area contributed by atoms with Crippen LogP contribution in [0, 0.1) is 11.2 Å². The van der Waals surface area contributed by atoms with Crippen molar-refractivity contribution >= 4 is 22.0 Å². The van der Waals surface area contributed by atoms with Crippen molar-refractivity contribution in [3.63, 3.8) is 0 Å². The number of halogens is 2. The van der Waals surface area contributed by atoms with Gasteiger partial charge in [-0.1, -0.05) is 39.8 Å². The minimum atomic E-state index is -0.395. The van der Waals surface area contributed by atoms with Crippen molar-refractivity contribution in [1.82, 2.24) is 0 Å². The lowest BCUT2D eigenvalue weighted by atomic mass is 9.90. The molecule has 2 nitrogen and oxygen atoms in total. The standard InChI is InChI=1S/C14H18BrFO2.C2H6/c1-14(2,9-17)6-4-5-10-7-11(15)13(18-3)12(16)8-10;1-2/h4-5,7-8,17H,6,9H2,1-3H3;1-2H3/b5-4+;. The van der Waals surface area contributed by atoms with E-state index in [0.717, 1.165) is 12.0 Å². The molecule has 0 fully saturated rings. The molecule has 0 unspecified atom stereocenters. The number of aliphatic hydroxyl groups is 1. The summed E-state index contributed by atoms with van der Waals surface area (Å²) in [6, 6.07) is 3.22. The summed E-state index contributed by atoms with van der Waals surface area (Å²) in [4.78, 5) is 0. The fourth-order valence-electron chi connectivity index (χ4n) is 1.45. The van der Waals surface area contributed by atoms with Crippen LogP contribution in [0.1, 0.15) is 39.7 Å². The largest absolute Gasteiger partial charge is 0.492 e. The minimum absolute atomic E-state index is 0.123. The molecule has 1 N–H and O–H groups in total. The maximum Gasteiger partial charge on any atom is 0.168 e. The van der Waals surface area contributed by atoms with Crippen LogP contribution in [0.2, 0.25) is 0 Å². The van der Waals surface area contributed by atoms with E-state index in [1.54, 1.807) is 6.07 Å². The Hall–Kier alpha value is -0.870. The third-order valence-electron chi connectivity index (χ3n) is 2.63. The van der Waals surface area contributed by atoms with E-state index in [4.69, 9.17) is 9.84 Å². The fourth-order valence-corrected chi connectivity index (χ4v) is 2.06. The van der Waals surface area contributed by atoms with E-state index in [0.29, 0.717) is 4.47 Å². The second-order valence-corrected chi connectivity index (χ2v) is 5.80. The summed E-state index contributed by atoms with van der Waals surface area (Å²) in [5.41, 5.74) is 0.604. The monoisotopic (exact) mass is 346 g/mol. The molecule has 114 valence electrons. The average Bonchev–Trinajstić information content (AvgIpc) is 2.40. The summed E-state index contributed by atoms with van der Waals surface area (Å²) in [5.74, 6) is -0.184. The molecule has 0 saturated heterocycles. The Morgan fingerprint density at radius 2 is 1.95 bits per heavy atom. The third kappa shape index (κ3) is 6.06. The van der Waals surface area contributed by atoms with Gasteiger partial charge in [-0.3, -0.25) is 0 Å². The van der Waals surface area contributed by atoms with Gasteiger partial charge in [-0.25, -0.2) is 4.39 Å². The lowest BCUT2D eigenvalue weighted by Gasteiger charge is -2.18. The Morgan fingerprint density at radius 3 is 2.40 bits per heavy atom. The molecular formula is C16H24BrFO2. The maximum absolute atomic E-state index is 13.6. The van der Waals surface area contributed by atoms with Gasteiger partial charge in [0.2, 0.25) is 0 Å². The van der Waals surface area contributed by atoms with Crippen LogP contribution >= 0.6 is 15.9 Å². The number of hydrogen-bond acceptors (Lipinski definition) is 2. The molecule has 1 aromatic rings. The zero-order chi connectivity index (χ0) is 15.8. The first-order chi connectivity index (χ1) is 9.39. The van der Waals surface area contributed by atoms with E-state index in [1.807, 2.05) is 39.8 Å². The van der Waals surface area contributed by atoms with Crippen molar-refractivity contribution in [1.29, 1.82) is 0 Å². The molecule has 4 heteroatoms. The molecule has 20 heavy (non-hydrogen) atoms. The zero-order valence-corrected chi connectivity index (χ0v) is 14.4. The predicted octanol–water partition coefficient (Wildman–Crippen LogP) is 5.04. The number of benzene rings is 1. The molecule has 0 aliphatic carbocycles. The summed E-state index contributed by atoms with van der Waals surface area (Å²) in [7, 11) is 1.43. The molecule has 0 atom stereocenters. The topological polar surface area (TPSA) is 29.5 Å². The van der Waals surface area contributed by atoms with Gasteiger partial charge < -0.3 is 9.84 Å². The van der Waals surface area contributed by atoms with Crippen LogP contribution in [0.5, 0.6) is 5.75 Å². The van der Waals surface area contributed by atoms with Gasteiger partial charge >= 0.3 is 0 Å². The molecule has 0 aliphatic heterocycles. The second-order valence-electron chi connectivity index (χ2n) is 4.95. The first kappa shape index (κ1) is 19.1. The molecule has 0 heterocycles. The normalized spacial score (nSPS) is 11.2. The Kier molecular flexibility index (Phi) is 8.74. The van der Waals surface area contributed by atoms with Crippen LogP contribution in [0.4, 0.5) is 4.39 Å². The van der Waals surface area contributed by atoms with Crippen molar-refractivity contribution in [2.75, 3.05) is 13.7 Å². The Bertz CT molecular complexity index is 419. The van der Waals surface area contributed by atoms with E-state index in [9.17, 15) is 4.39 Å². The Balaban J connectivity index is 0.00000172. The zero-order valence-electron chi connectivity index (χ0n) is 12.8. The number of hydrogen-bond donors (Lipinski definition) is 1. The van der Waals surface area contributed by atoms with Gasteiger partial charge in [-0.05, 0) is 45.5 Å². The Labute approximate surface area is 129 Å². The molecule has 1 rings (SSSR count). The molecule has 0 amide bonds. The predicted molar refractivity (Wildman–Crippen MR) is 86.5 cm³/mol. The smallest absolute Gasteiger partial charge is 0.168 e. The first-order valence-corrected chi connectivity index (χ1v) is 7.49. The van der Waals surface area contributed by atoms with Crippen LogP contribution in [0.15, 0.2) is 22.7 Å². The van der Waals surface area contributed by atoms with E-state index in [2.05, 4.69) is 15.9 Å². The van der Waals surface area contributed by atoms with Gasteiger partial charge in [-0.15, -0.1) is 0 Å². The number of methoxy groups -OCH3 is 1. The van der Waals surface area contributed by atoms with Gasteiger partial charge in [0.1, 0.15) is 0 Å². The molecule has 0 radical (unpaired) electrons. The van der Waals surface area contributed by atoms with Crippen LogP contribution in [0.3, 0.4) is 0 Å². The highest BCUT2D eigenvalue weighted by Crippen LogP contribution is 2.30. The lowest BCUT2D eigenvalue weighted by Crippen LogP contribution is -2.14. The van der Waals surface area contributed by atoms with Crippen molar-refractivity contribution in [3.8, 4) is 5.75 Å². The fraction of sp³-hybridized carbons (Fsp3) is 0.500. The number of ether oxygens (including phenoxy) is 1. The third-order valence-corrected chi connectivity index (χ3v) is 3.22. The summed E-state index contributed by atoms with van der Waals surface area (Å²) in [6.07, 6.45) is 4.50. The number of rotatable bonds is 5. The summed E-state index contributed by atoms with van der Waals surface area (Å²) in [6.45, 7) is 8.07. The van der Waals surface area contributed by atoms with Gasteiger partial charge in [0.15, 0.2) is 11.6 Å². The molecular weight excluding hydrogens is 323 g/mol. The van der Waals surface area contributed by atoms with Gasteiger partial charge in [0.05, 0.1) is 11.6 Å². The van der Waals surface area contributed by atoms with Crippen molar-refractivity contribution < 1.29 is 14.2 Å². The highest BCUT2D eigenvalue weighted by atomic mass is 79.9. The van der Waals surface area contributed by atoms with E-state index in [1.165, 1.54) is 13.2 Å². The highest BCUT2D eigenvalue weighted by Gasteiger charge is 2.14. The van der Waals surface area contributed by atoms with Crippen molar-refractivity contribution in [2.24, 2.45) is 5.41 Å². The van der Waals surface area contributed by atoms with E-state index in [-0.39, 0.29) is 17.8 Å². The van der Waals surface area contributed by atoms with Gasteiger partial charge in [0.25, 0.3) is 0 Å². The highest BCUT2D eigenvalue weighted by molar-refractivity contribution is 9.10. The van der Waals surface area contributed by atoms with E-state index >= 15 is 0 Å². The van der Waals surface area contributed by atoms with Crippen molar-refractivity contribution in [2.45, 2.75) is 34.1 Å². The molecule has 0 bridgehead atoms.